The van der Waals surface area contributed by atoms with Crippen molar-refractivity contribution in [2.24, 2.45) is 0 Å². The number of anilines is 1. The van der Waals surface area contributed by atoms with Crippen molar-refractivity contribution in [2.45, 2.75) is 6.92 Å². The summed E-state index contributed by atoms with van der Waals surface area (Å²) in [5.41, 5.74) is 2.44. The van der Waals surface area contributed by atoms with Gasteiger partial charge in [0.15, 0.2) is 11.5 Å². The van der Waals surface area contributed by atoms with Gasteiger partial charge in [-0.2, -0.15) is 0 Å². The minimum Gasteiger partial charge on any atom is -0.468 e. The molecule has 1 aromatic heterocycles. The summed E-state index contributed by atoms with van der Waals surface area (Å²) >= 11 is 0. The lowest BCUT2D eigenvalue weighted by atomic mass is 10.2. The number of rotatable bonds is 3. The van der Waals surface area contributed by atoms with Crippen LogP contribution in [-0.2, 0) is 9.53 Å². The number of oxazole rings is 1. The van der Waals surface area contributed by atoms with Gasteiger partial charge in [-0.05, 0) is 18.2 Å². The van der Waals surface area contributed by atoms with Gasteiger partial charge in [-0.15, -0.1) is 0 Å². The fourth-order valence-electron chi connectivity index (χ4n) is 1.62. The molecule has 0 N–H and O–H groups in total. The molecule has 2 aromatic rings. The summed E-state index contributed by atoms with van der Waals surface area (Å²) in [6.45, 7) is 2.01. The molecule has 5 heteroatoms. The summed E-state index contributed by atoms with van der Waals surface area (Å²) in [5, 5.41) is 0. The molecule has 0 aliphatic heterocycles. The molecule has 0 saturated carbocycles. The van der Waals surface area contributed by atoms with Crippen molar-refractivity contribution in [1.29, 1.82) is 0 Å². The molecule has 0 atom stereocenters. The molecule has 0 spiro atoms. The van der Waals surface area contributed by atoms with Crippen molar-refractivity contribution in [1.82, 2.24) is 4.98 Å². The van der Waals surface area contributed by atoms with Gasteiger partial charge in [0.25, 0.3) is 0 Å². The predicted octanol–water partition coefficient (Wildman–Crippen LogP) is 1.75. The Morgan fingerprint density at radius 1 is 1.53 bits per heavy atom. The van der Waals surface area contributed by atoms with E-state index in [-0.39, 0.29) is 12.5 Å². The van der Waals surface area contributed by atoms with Crippen LogP contribution in [-0.4, -0.2) is 31.7 Å². The van der Waals surface area contributed by atoms with E-state index in [1.165, 1.54) is 7.11 Å². The summed E-state index contributed by atoms with van der Waals surface area (Å²) in [6.07, 6.45) is 0. The van der Waals surface area contributed by atoms with E-state index in [4.69, 9.17) is 4.42 Å². The topological polar surface area (TPSA) is 55.6 Å². The fourth-order valence-corrected chi connectivity index (χ4v) is 1.62. The van der Waals surface area contributed by atoms with E-state index in [1.54, 1.807) is 11.8 Å². The second-order valence-corrected chi connectivity index (χ2v) is 3.82. The van der Waals surface area contributed by atoms with Crippen molar-refractivity contribution in [3.8, 4) is 0 Å². The first-order valence-corrected chi connectivity index (χ1v) is 5.25. The molecular weight excluding hydrogens is 220 g/mol. The largest absolute Gasteiger partial charge is 0.468 e. The fraction of sp³-hybridized carbons (Fsp3) is 0.333. The zero-order valence-corrected chi connectivity index (χ0v) is 10.1. The number of hydrogen-bond acceptors (Lipinski definition) is 5. The molecular formula is C12H14N2O3. The molecule has 17 heavy (non-hydrogen) atoms. The third-order valence-electron chi connectivity index (χ3n) is 2.51. The van der Waals surface area contributed by atoms with E-state index in [1.807, 2.05) is 25.2 Å². The number of hydrogen-bond donors (Lipinski definition) is 0. The Balaban J connectivity index is 2.26. The van der Waals surface area contributed by atoms with Gasteiger partial charge in [0.05, 0.1) is 7.11 Å². The smallest absolute Gasteiger partial charge is 0.325 e. The predicted molar refractivity (Wildman–Crippen MR) is 64.0 cm³/mol. The Hall–Kier alpha value is -2.04. The lowest BCUT2D eigenvalue weighted by Crippen LogP contribution is -2.26. The highest BCUT2D eigenvalue weighted by Gasteiger charge is 2.09. The average Bonchev–Trinajstić information content (AvgIpc) is 2.67. The molecule has 0 aliphatic carbocycles. The van der Waals surface area contributed by atoms with Gasteiger partial charge in [0.2, 0.25) is 0 Å². The Bertz CT molecular complexity index is 548. The highest BCUT2D eigenvalue weighted by molar-refractivity contribution is 5.80. The first-order valence-electron chi connectivity index (χ1n) is 5.25. The molecule has 2 rings (SSSR count). The Morgan fingerprint density at radius 2 is 2.29 bits per heavy atom. The van der Waals surface area contributed by atoms with Crippen molar-refractivity contribution >= 4 is 22.8 Å². The summed E-state index contributed by atoms with van der Waals surface area (Å²) in [6, 6.07) is 5.61. The van der Waals surface area contributed by atoms with Gasteiger partial charge in [0.1, 0.15) is 12.1 Å². The number of fused-ring (bicyclic) bond motifs is 1. The van der Waals surface area contributed by atoms with Crippen molar-refractivity contribution in [3.05, 3.63) is 24.1 Å². The zero-order valence-electron chi connectivity index (χ0n) is 10.1. The quantitative estimate of drug-likeness (QED) is 0.757. The second kappa shape index (κ2) is 4.45. The average molecular weight is 234 g/mol. The van der Waals surface area contributed by atoms with Crippen molar-refractivity contribution in [3.63, 3.8) is 0 Å². The number of likely N-dealkylation sites (N-methyl/N-ethyl adjacent to an activating group) is 1. The van der Waals surface area contributed by atoms with Gasteiger partial charge >= 0.3 is 5.97 Å². The standard InChI is InChI=1S/C12H14N2O3/c1-8-13-10-6-9(4-5-11(10)17-8)14(2)7-12(15)16-3/h4-6H,7H2,1-3H3. The van der Waals surface area contributed by atoms with Gasteiger partial charge in [0, 0.05) is 19.7 Å². The lowest BCUT2D eigenvalue weighted by molar-refractivity contribution is -0.138. The van der Waals surface area contributed by atoms with Crippen LogP contribution in [0.1, 0.15) is 5.89 Å². The SMILES string of the molecule is COC(=O)CN(C)c1ccc2oc(C)nc2c1. The molecule has 1 heterocycles. The highest BCUT2D eigenvalue weighted by Crippen LogP contribution is 2.21. The normalized spacial score (nSPS) is 10.5. The summed E-state index contributed by atoms with van der Waals surface area (Å²) in [7, 11) is 3.20. The first kappa shape index (κ1) is 11.4. The van der Waals surface area contributed by atoms with Crippen LogP contribution in [0.25, 0.3) is 11.1 Å². The van der Waals surface area contributed by atoms with E-state index < -0.39 is 0 Å². The molecule has 90 valence electrons. The third kappa shape index (κ3) is 2.38. The van der Waals surface area contributed by atoms with Gasteiger partial charge in [-0.3, -0.25) is 4.79 Å². The van der Waals surface area contributed by atoms with Crippen LogP contribution in [0.4, 0.5) is 5.69 Å². The van der Waals surface area contributed by atoms with Crippen molar-refractivity contribution < 1.29 is 13.9 Å². The zero-order chi connectivity index (χ0) is 12.4. The molecule has 0 saturated heterocycles. The van der Waals surface area contributed by atoms with Crippen LogP contribution in [0.15, 0.2) is 22.6 Å². The van der Waals surface area contributed by atoms with E-state index >= 15 is 0 Å². The number of benzene rings is 1. The van der Waals surface area contributed by atoms with Crippen LogP contribution in [0.3, 0.4) is 0 Å². The molecule has 5 nitrogen and oxygen atoms in total. The Labute approximate surface area is 99.0 Å². The van der Waals surface area contributed by atoms with E-state index in [0.717, 1.165) is 16.8 Å². The van der Waals surface area contributed by atoms with E-state index in [9.17, 15) is 4.79 Å². The van der Waals surface area contributed by atoms with Gasteiger partial charge in [-0.25, -0.2) is 4.98 Å². The number of nitrogens with zero attached hydrogens (tertiary/aromatic N) is 2. The maximum Gasteiger partial charge on any atom is 0.325 e. The third-order valence-corrected chi connectivity index (χ3v) is 2.51. The highest BCUT2D eigenvalue weighted by atomic mass is 16.5. The van der Waals surface area contributed by atoms with Crippen molar-refractivity contribution in [2.75, 3.05) is 25.6 Å². The molecule has 0 aliphatic rings. The molecule has 0 fully saturated rings. The maximum atomic E-state index is 11.2. The number of aryl methyl sites for hydroxylation is 1. The summed E-state index contributed by atoms with van der Waals surface area (Å²) < 4.78 is 10.0. The Morgan fingerprint density at radius 3 is 3.00 bits per heavy atom. The number of carbonyl (C=O) groups excluding carboxylic acids is 1. The lowest BCUT2D eigenvalue weighted by Gasteiger charge is -2.17. The van der Waals surface area contributed by atoms with Gasteiger partial charge < -0.3 is 14.1 Å². The van der Waals surface area contributed by atoms with Crippen LogP contribution in [0.2, 0.25) is 0 Å². The minimum atomic E-state index is -0.274. The number of methoxy groups -OCH3 is 1. The molecule has 0 bridgehead atoms. The van der Waals surface area contributed by atoms with E-state index in [0.29, 0.717) is 5.89 Å². The van der Waals surface area contributed by atoms with Gasteiger partial charge in [-0.1, -0.05) is 0 Å². The maximum absolute atomic E-state index is 11.2. The molecule has 1 aromatic carbocycles. The minimum absolute atomic E-state index is 0.207. The monoisotopic (exact) mass is 234 g/mol. The number of carbonyl (C=O) groups is 1. The summed E-state index contributed by atoms with van der Waals surface area (Å²) in [4.78, 5) is 17.2. The van der Waals surface area contributed by atoms with Crippen LogP contribution in [0.5, 0.6) is 0 Å². The second-order valence-electron chi connectivity index (χ2n) is 3.82. The molecule has 0 amide bonds. The Kier molecular flexibility index (Phi) is 2.99. The van der Waals surface area contributed by atoms with Crippen LogP contribution < -0.4 is 4.90 Å². The molecule has 0 unspecified atom stereocenters. The summed E-state index contributed by atoms with van der Waals surface area (Å²) in [5.74, 6) is 0.358. The van der Waals surface area contributed by atoms with Crippen LogP contribution in [0, 0.1) is 6.92 Å². The first-order chi connectivity index (χ1) is 8.10. The molecule has 0 radical (unpaired) electrons. The van der Waals surface area contributed by atoms with Crippen LogP contribution >= 0.6 is 0 Å². The number of aromatic nitrogens is 1. The van der Waals surface area contributed by atoms with E-state index in [2.05, 4.69) is 9.72 Å². The number of esters is 1. The number of ether oxygens (including phenoxy) is 1.